The number of amides is 1. The van der Waals surface area contributed by atoms with E-state index in [-0.39, 0.29) is 10.0 Å². The fourth-order valence-corrected chi connectivity index (χ4v) is 4.24. The molecule has 0 unspecified atom stereocenters. The number of hydrogen-bond donors (Lipinski definition) is 3. The standard InChI is InChI=1S/C23H23N3O4S2/c1-15-12-16(2)14-19(13-15)26-32(28,29)21-9-5-18(6-10-21)24-23(31)25-22(27)11-8-20-7-4-17(3)30-20/h4-14,26H,1-3H3,(H2,24,25,27,31)/b11-8+. The van der Waals surface area contributed by atoms with Gasteiger partial charge in [0.15, 0.2) is 5.11 Å². The zero-order valence-corrected chi connectivity index (χ0v) is 19.4. The van der Waals surface area contributed by atoms with E-state index in [1.807, 2.05) is 26.8 Å². The third-order valence-electron chi connectivity index (χ3n) is 4.29. The Labute approximate surface area is 192 Å². The second-order valence-corrected chi connectivity index (χ2v) is 9.32. The largest absolute Gasteiger partial charge is 0.462 e. The number of hydrogen-bond acceptors (Lipinski definition) is 5. The molecule has 0 radical (unpaired) electrons. The molecule has 2 aromatic carbocycles. The Hall–Kier alpha value is -3.43. The van der Waals surface area contributed by atoms with E-state index in [1.54, 1.807) is 36.4 Å². The number of furan rings is 1. The minimum absolute atomic E-state index is 0.0826. The molecule has 0 atom stereocenters. The molecule has 0 saturated carbocycles. The van der Waals surface area contributed by atoms with E-state index in [2.05, 4.69) is 15.4 Å². The summed E-state index contributed by atoms with van der Waals surface area (Å²) in [6, 6.07) is 15.1. The SMILES string of the molecule is Cc1cc(C)cc(NS(=O)(=O)c2ccc(NC(=S)NC(=O)/C=C/c3ccc(C)o3)cc2)c1. The van der Waals surface area contributed by atoms with Crippen molar-refractivity contribution in [3.8, 4) is 0 Å². The van der Waals surface area contributed by atoms with Crippen molar-refractivity contribution in [3.05, 3.63) is 83.3 Å². The minimum Gasteiger partial charge on any atom is -0.462 e. The lowest BCUT2D eigenvalue weighted by molar-refractivity contribution is -0.115. The highest BCUT2D eigenvalue weighted by Gasteiger charge is 2.14. The van der Waals surface area contributed by atoms with Crippen molar-refractivity contribution in [1.29, 1.82) is 0 Å². The topological polar surface area (TPSA) is 100 Å². The van der Waals surface area contributed by atoms with Gasteiger partial charge < -0.3 is 9.73 Å². The van der Waals surface area contributed by atoms with Crippen LogP contribution in [-0.4, -0.2) is 19.4 Å². The summed E-state index contributed by atoms with van der Waals surface area (Å²) >= 11 is 5.13. The molecule has 3 aromatic rings. The first-order valence-electron chi connectivity index (χ1n) is 9.68. The summed E-state index contributed by atoms with van der Waals surface area (Å²) in [7, 11) is -3.74. The van der Waals surface area contributed by atoms with E-state index in [1.165, 1.54) is 24.3 Å². The molecule has 0 fully saturated rings. The molecular formula is C23H23N3O4S2. The van der Waals surface area contributed by atoms with Crippen molar-refractivity contribution in [2.45, 2.75) is 25.7 Å². The van der Waals surface area contributed by atoms with E-state index < -0.39 is 15.9 Å². The van der Waals surface area contributed by atoms with Gasteiger partial charge in [0.25, 0.3) is 10.0 Å². The van der Waals surface area contributed by atoms with Gasteiger partial charge in [-0.3, -0.25) is 14.8 Å². The molecular weight excluding hydrogens is 446 g/mol. The molecule has 32 heavy (non-hydrogen) atoms. The molecule has 3 rings (SSSR count). The first kappa shape index (κ1) is 23.2. The Morgan fingerprint density at radius 2 is 1.59 bits per heavy atom. The highest BCUT2D eigenvalue weighted by atomic mass is 32.2. The van der Waals surface area contributed by atoms with Gasteiger partial charge in [0, 0.05) is 17.5 Å². The number of thiocarbonyl (C=S) groups is 1. The predicted octanol–water partition coefficient (Wildman–Crippen LogP) is 4.53. The normalized spacial score (nSPS) is 11.3. The lowest BCUT2D eigenvalue weighted by atomic mass is 10.1. The van der Waals surface area contributed by atoms with E-state index in [0.717, 1.165) is 16.9 Å². The third kappa shape index (κ3) is 6.53. The third-order valence-corrected chi connectivity index (χ3v) is 5.89. The van der Waals surface area contributed by atoms with Crippen LogP contribution in [0.2, 0.25) is 0 Å². The maximum absolute atomic E-state index is 12.7. The molecule has 0 aliphatic carbocycles. The first-order valence-corrected chi connectivity index (χ1v) is 11.6. The van der Waals surface area contributed by atoms with E-state index in [9.17, 15) is 13.2 Å². The van der Waals surface area contributed by atoms with Crippen LogP contribution in [0.3, 0.4) is 0 Å². The molecule has 1 aromatic heterocycles. The van der Waals surface area contributed by atoms with Crippen LogP contribution in [0.1, 0.15) is 22.6 Å². The lowest BCUT2D eigenvalue weighted by Crippen LogP contribution is -2.32. The quantitative estimate of drug-likeness (QED) is 0.362. The lowest BCUT2D eigenvalue weighted by Gasteiger charge is -2.11. The predicted molar refractivity (Wildman–Crippen MR) is 130 cm³/mol. The van der Waals surface area contributed by atoms with Crippen LogP contribution in [-0.2, 0) is 14.8 Å². The number of anilines is 2. The summed E-state index contributed by atoms with van der Waals surface area (Å²) in [5, 5.41) is 5.44. The molecule has 166 valence electrons. The molecule has 3 N–H and O–H groups in total. The Morgan fingerprint density at radius 3 is 2.19 bits per heavy atom. The zero-order chi connectivity index (χ0) is 23.3. The highest BCUT2D eigenvalue weighted by Crippen LogP contribution is 2.20. The first-order chi connectivity index (χ1) is 15.1. The fraction of sp³-hybridized carbons (Fsp3) is 0.130. The minimum atomic E-state index is -3.74. The zero-order valence-electron chi connectivity index (χ0n) is 17.8. The number of sulfonamides is 1. The molecule has 1 amide bonds. The van der Waals surface area contributed by atoms with Gasteiger partial charge in [0.05, 0.1) is 4.90 Å². The number of carbonyl (C=O) groups is 1. The van der Waals surface area contributed by atoms with Crippen molar-refractivity contribution in [2.24, 2.45) is 0 Å². The van der Waals surface area contributed by atoms with Crippen LogP contribution in [0, 0.1) is 20.8 Å². The maximum atomic E-state index is 12.7. The Kier molecular flexibility index (Phi) is 7.12. The molecule has 0 spiro atoms. The number of carbonyl (C=O) groups excluding carboxylic acids is 1. The highest BCUT2D eigenvalue weighted by molar-refractivity contribution is 7.92. The van der Waals surface area contributed by atoms with Crippen molar-refractivity contribution in [1.82, 2.24) is 5.32 Å². The summed E-state index contributed by atoms with van der Waals surface area (Å²) in [6.45, 7) is 5.62. The van der Waals surface area contributed by atoms with Crippen LogP contribution in [0.15, 0.2) is 70.0 Å². The summed E-state index contributed by atoms with van der Waals surface area (Å²) in [5.74, 6) is 0.882. The summed E-state index contributed by atoms with van der Waals surface area (Å²) in [4.78, 5) is 12.1. The molecule has 9 heteroatoms. The summed E-state index contributed by atoms with van der Waals surface area (Å²) < 4.78 is 33.3. The maximum Gasteiger partial charge on any atom is 0.261 e. The van der Waals surface area contributed by atoms with Crippen molar-refractivity contribution >= 4 is 50.7 Å². The Bertz CT molecular complexity index is 1260. The monoisotopic (exact) mass is 469 g/mol. The van der Waals surface area contributed by atoms with E-state index in [4.69, 9.17) is 16.6 Å². The van der Waals surface area contributed by atoms with Crippen molar-refractivity contribution in [2.75, 3.05) is 10.0 Å². The van der Waals surface area contributed by atoms with Crippen LogP contribution in [0.25, 0.3) is 6.08 Å². The second-order valence-electron chi connectivity index (χ2n) is 7.23. The van der Waals surface area contributed by atoms with Gasteiger partial charge in [-0.2, -0.15) is 0 Å². The van der Waals surface area contributed by atoms with E-state index >= 15 is 0 Å². The van der Waals surface area contributed by atoms with Gasteiger partial charge in [-0.15, -0.1) is 0 Å². The molecule has 1 heterocycles. The number of nitrogens with one attached hydrogen (secondary N) is 3. The van der Waals surface area contributed by atoms with Gasteiger partial charge in [0.1, 0.15) is 11.5 Å². The average molecular weight is 470 g/mol. The van der Waals surface area contributed by atoms with E-state index in [0.29, 0.717) is 17.1 Å². The smallest absolute Gasteiger partial charge is 0.261 e. The number of aryl methyl sites for hydroxylation is 3. The van der Waals surface area contributed by atoms with Gasteiger partial charge in [-0.25, -0.2) is 8.42 Å². The molecule has 0 saturated heterocycles. The summed E-state index contributed by atoms with van der Waals surface area (Å²) in [6.07, 6.45) is 2.84. The van der Waals surface area contributed by atoms with Crippen LogP contribution >= 0.6 is 12.2 Å². The molecule has 0 aliphatic heterocycles. The Morgan fingerprint density at radius 1 is 0.938 bits per heavy atom. The van der Waals surface area contributed by atoms with Crippen molar-refractivity contribution in [3.63, 3.8) is 0 Å². The molecule has 7 nitrogen and oxygen atoms in total. The van der Waals surface area contributed by atoms with Gasteiger partial charge in [-0.1, -0.05) is 6.07 Å². The van der Waals surface area contributed by atoms with Gasteiger partial charge >= 0.3 is 0 Å². The van der Waals surface area contributed by atoms with Gasteiger partial charge in [0.2, 0.25) is 5.91 Å². The van der Waals surface area contributed by atoms with Crippen LogP contribution in [0.4, 0.5) is 11.4 Å². The average Bonchev–Trinajstić information content (AvgIpc) is 3.11. The van der Waals surface area contributed by atoms with Crippen molar-refractivity contribution < 1.29 is 17.6 Å². The Balaban J connectivity index is 1.59. The second kappa shape index (κ2) is 9.80. The van der Waals surface area contributed by atoms with Crippen LogP contribution < -0.4 is 15.4 Å². The number of benzene rings is 2. The fourth-order valence-electron chi connectivity index (χ4n) is 2.98. The van der Waals surface area contributed by atoms with Gasteiger partial charge in [-0.05, 0) is 98.7 Å². The molecule has 0 aliphatic rings. The summed E-state index contributed by atoms with van der Waals surface area (Å²) in [5.41, 5.74) is 2.97. The molecule has 0 bridgehead atoms. The number of rotatable bonds is 6. The van der Waals surface area contributed by atoms with Crippen LogP contribution in [0.5, 0.6) is 0 Å².